The highest BCUT2D eigenvalue weighted by Crippen LogP contribution is 2.27. The van der Waals surface area contributed by atoms with E-state index in [1.54, 1.807) is 67.6 Å². The first kappa shape index (κ1) is 30.6. The van der Waals surface area contributed by atoms with E-state index in [0.29, 0.717) is 11.1 Å². The van der Waals surface area contributed by atoms with Gasteiger partial charge in [0.25, 0.3) is 0 Å². The molecule has 1 amide bonds. The zero-order valence-electron chi connectivity index (χ0n) is 23.0. The van der Waals surface area contributed by atoms with Crippen molar-refractivity contribution in [2.24, 2.45) is 0 Å². The number of carbonyl (C=O) groups is 4. The van der Waals surface area contributed by atoms with E-state index in [2.05, 4.69) is 5.32 Å². The highest BCUT2D eigenvalue weighted by Gasteiger charge is 2.52. The fourth-order valence-corrected chi connectivity index (χ4v) is 3.99. The number of benzene rings is 2. The van der Waals surface area contributed by atoms with E-state index in [4.69, 9.17) is 23.4 Å². The molecule has 2 aromatic carbocycles. The average Bonchev–Trinajstić information content (AvgIpc) is 2.97. The zero-order chi connectivity index (χ0) is 29.8. The first-order valence-electron chi connectivity index (χ1n) is 13.0. The summed E-state index contributed by atoms with van der Waals surface area (Å²) in [6, 6.07) is 18.2. The van der Waals surface area contributed by atoms with Crippen LogP contribution in [-0.2, 0) is 41.6 Å². The number of esters is 3. The summed E-state index contributed by atoms with van der Waals surface area (Å²) >= 11 is 0. The largest absolute Gasteiger partial charge is 0.464 e. The topological polar surface area (TPSA) is 147 Å². The minimum atomic E-state index is -2.50. The maximum atomic E-state index is 13.5. The molecule has 3 rings (SSSR count). The van der Waals surface area contributed by atoms with E-state index >= 15 is 0 Å². The van der Waals surface area contributed by atoms with Gasteiger partial charge in [0.1, 0.15) is 6.61 Å². The molecule has 11 nitrogen and oxygen atoms in total. The fourth-order valence-electron chi connectivity index (χ4n) is 3.99. The van der Waals surface area contributed by atoms with Crippen LogP contribution in [0.4, 0.5) is 4.79 Å². The molecule has 0 aliphatic carbocycles. The summed E-state index contributed by atoms with van der Waals surface area (Å²) in [5, 5.41) is 2.33. The van der Waals surface area contributed by atoms with Gasteiger partial charge in [-0.05, 0) is 43.5 Å². The molecule has 0 unspecified atom stereocenters. The molecule has 41 heavy (non-hydrogen) atoms. The van der Waals surface area contributed by atoms with Gasteiger partial charge in [-0.1, -0.05) is 60.7 Å². The van der Waals surface area contributed by atoms with Crippen molar-refractivity contribution in [1.29, 1.82) is 0 Å². The Balaban J connectivity index is 2.16. The quantitative estimate of drug-likeness (QED) is 0.195. The Morgan fingerprint density at radius 1 is 0.780 bits per heavy atom. The number of rotatable bonds is 12. The lowest BCUT2D eigenvalue weighted by molar-refractivity contribution is -0.166. The van der Waals surface area contributed by atoms with Crippen LogP contribution in [0, 0.1) is 0 Å². The van der Waals surface area contributed by atoms with Crippen LogP contribution in [0.25, 0.3) is 11.1 Å². The summed E-state index contributed by atoms with van der Waals surface area (Å²) < 4.78 is 25.9. The van der Waals surface area contributed by atoms with Gasteiger partial charge in [0.15, 0.2) is 0 Å². The summed E-state index contributed by atoms with van der Waals surface area (Å²) in [5.41, 5.74) is -2.42. The van der Waals surface area contributed by atoms with E-state index in [0.717, 1.165) is 0 Å². The second-order valence-electron chi connectivity index (χ2n) is 8.59. The van der Waals surface area contributed by atoms with E-state index in [-0.39, 0.29) is 37.6 Å². The SMILES string of the molecule is CCOC(=O)c1cc(CC(NC(=O)OCc2ccccc2)(C(=O)OCC)C(=O)OCC)c(-c2ccccc2)c(=O)o1. The standard InChI is InChI=1S/C30H31NO10/c1-4-37-25(32)23-17-22(24(26(33)41-23)21-15-11-8-12-16-21)18-30(27(34)38-5-2,28(35)39-6-3)31-29(36)40-19-20-13-9-7-10-14-20/h7-17H,4-6,18-19H2,1-3H3,(H,31,36). The molecule has 0 saturated carbocycles. The first-order valence-corrected chi connectivity index (χ1v) is 13.0. The lowest BCUT2D eigenvalue weighted by Crippen LogP contribution is -2.63. The van der Waals surface area contributed by atoms with Gasteiger partial charge in [-0.15, -0.1) is 0 Å². The minimum absolute atomic E-state index is 0.00269. The lowest BCUT2D eigenvalue weighted by atomic mass is 9.87. The zero-order valence-corrected chi connectivity index (χ0v) is 23.0. The van der Waals surface area contributed by atoms with E-state index in [1.807, 2.05) is 0 Å². The van der Waals surface area contributed by atoms with Crippen LogP contribution in [0.5, 0.6) is 0 Å². The highest BCUT2D eigenvalue weighted by atomic mass is 16.6. The Morgan fingerprint density at radius 3 is 1.90 bits per heavy atom. The summed E-state index contributed by atoms with van der Waals surface area (Å²) in [6.45, 7) is 4.18. The summed E-state index contributed by atoms with van der Waals surface area (Å²) in [4.78, 5) is 65.7. The first-order chi connectivity index (χ1) is 19.7. The van der Waals surface area contributed by atoms with Crippen LogP contribution in [0.1, 0.15) is 42.5 Å². The van der Waals surface area contributed by atoms with Crippen LogP contribution in [0.2, 0.25) is 0 Å². The molecular formula is C30H31NO10. The van der Waals surface area contributed by atoms with Gasteiger partial charge < -0.3 is 23.4 Å². The fraction of sp³-hybridized carbons (Fsp3) is 0.300. The summed E-state index contributed by atoms with van der Waals surface area (Å²) in [5.74, 6) is -3.70. The monoisotopic (exact) mass is 565 g/mol. The predicted octanol–water partition coefficient (Wildman–Crippen LogP) is 3.82. The van der Waals surface area contributed by atoms with Crippen LogP contribution in [-0.4, -0.2) is 49.4 Å². The molecule has 0 aliphatic heterocycles. The second kappa shape index (κ2) is 14.5. The second-order valence-corrected chi connectivity index (χ2v) is 8.59. The van der Waals surface area contributed by atoms with Gasteiger partial charge in [-0.3, -0.25) is 5.32 Å². The molecule has 3 aromatic rings. The molecular weight excluding hydrogens is 534 g/mol. The van der Waals surface area contributed by atoms with E-state index < -0.39 is 47.3 Å². The lowest BCUT2D eigenvalue weighted by Gasteiger charge is -2.30. The third kappa shape index (κ3) is 7.59. The molecule has 1 aromatic heterocycles. The van der Waals surface area contributed by atoms with Crippen molar-refractivity contribution in [1.82, 2.24) is 5.32 Å². The smallest absolute Gasteiger partial charge is 0.408 e. The molecule has 0 spiro atoms. The van der Waals surface area contributed by atoms with Crippen molar-refractivity contribution in [3.8, 4) is 11.1 Å². The Morgan fingerprint density at radius 2 is 1.34 bits per heavy atom. The van der Waals surface area contributed by atoms with Crippen molar-refractivity contribution in [3.05, 3.63) is 94.0 Å². The number of hydrogen-bond donors (Lipinski definition) is 1. The molecule has 0 bridgehead atoms. The number of alkyl carbamates (subject to hydrolysis) is 1. The van der Waals surface area contributed by atoms with Gasteiger partial charge in [0.2, 0.25) is 11.3 Å². The van der Waals surface area contributed by atoms with Gasteiger partial charge >= 0.3 is 29.6 Å². The maximum Gasteiger partial charge on any atom is 0.408 e. The number of amides is 1. The van der Waals surface area contributed by atoms with Gasteiger partial charge in [-0.25, -0.2) is 24.0 Å². The highest BCUT2D eigenvalue weighted by molar-refractivity contribution is 6.08. The van der Waals surface area contributed by atoms with Gasteiger partial charge in [0, 0.05) is 6.42 Å². The normalized spacial score (nSPS) is 10.8. The third-order valence-corrected chi connectivity index (χ3v) is 5.80. The molecule has 1 heterocycles. The van der Waals surface area contributed by atoms with Crippen molar-refractivity contribution >= 4 is 24.0 Å². The molecule has 0 fully saturated rings. The predicted molar refractivity (Wildman–Crippen MR) is 146 cm³/mol. The van der Waals surface area contributed by atoms with Gasteiger partial charge in [-0.2, -0.15) is 0 Å². The minimum Gasteiger partial charge on any atom is -0.464 e. The van der Waals surface area contributed by atoms with E-state index in [9.17, 15) is 24.0 Å². The molecule has 0 radical (unpaired) electrons. The van der Waals surface area contributed by atoms with Crippen molar-refractivity contribution in [2.75, 3.05) is 19.8 Å². The van der Waals surface area contributed by atoms with Crippen molar-refractivity contribution < 1.29 is 42.5 Å². The Bertz CT molecular complexity index is 1400. The van der Waals surface area contributed by atoms with Crippen LogP contribution < -0.4 is 10.9 Å². The molecule has 0 aliphatic rings. The molecule has 0 saturated heterocycles. The maximum absolute atomic E-state index is 13.5. The third-order valence-electron chi connectivity index (χ3n) is 5.80. The molecule has 216 valence electrons. The average molecular weight is 566 g/mol. The Hall–Kier alpha value is -4.93. The number of ether oxygens (including phenoxy) is 4. The summed E-state index contributed by atoms with van der Waals surface area (Å²) in [7, 11) is 0. The number of nitrogens with one attached hydrogen (secondary N) is 1. The van der Waals surface area contributed by atoms with Crippen LogP contribution in [0.3, 0.4) is 0 Å². The van der Waals surface area contributed by atoms with Gasteiger partial charge in [0.05, 0.1) is 25.4 Å². The Kier molecular flexibility index (Phi) is 10.8. The van der Waals surface area contributed by atoms with Crippen LogP contribution in [0.15, 0.2) is 75.9 Å². The Labute approximate surface area is 236 Å². The summed E-state index contributed by atoms with van der Waals surface area (Å²) in [6.07, 6.45) is -1.77. The molecule has 11 heteroatoms. The number of hydrogen-bond acceptors (Lipinski definition) is 10. The molecule has 0 atom stereocenters. The number of carbonyl (C=O) groups excluding carboxylic acids is 4. The van der Waals surface area contributed by atoms with Crippen molar-refractivity contribution in [3.63, 3.8) is 0 Å². The van der Waals surface area contributed by atoms with Crippen molar-refractivity contribution in [2.45, 2.75) is 39.3 Å². The van der Waals surface area contributed by atoms with E-state index in [1.165, 1.54) is 19.9 Å². The molecule has 1 N–H and O–H groups in total. The van der Waals surface area contributed by atoms with Crippen LogP contribution >= 0.6 is 0 Å².